The average molecular weight is 335 g/mol. The number of hydrogen-bond acceptors (Lipinski definition) is 6. The lowest BCUT2D eigenvalue weighted by Crippen LogP contribution is -2.01. The van der Waals surface area contributed by atoms with Gasteiger partial charge in [-0.05, 0) is 30.7 Å². The lowest BCUT2D eigenvalue weighted by molar-refractivity contribution is 0.0594. The summed E-state index contributed by atoms with van der Waals surface area (Å²) in [6, 6.07) is 2.01. The maximum Gasteiger partial charge on any atom is 0.360 e. The second-order valence-electron chi connectivity index (χ2n) is 6.21. The molecule has 2 aliphatic rings. The Balaban J connectivity index is 1.37. The Morgan fingerprint density at radius 2 is 2.24 bits per heavy atom. The maximum absolute atomic E-state index is 11.3. The van der Waals surface area contributed by atoms with Gasteiger partial charge in [-0.1, -0.05) is 22.8 Å². The van der Waals surface area contributed by atoms with Gasteiger partial charge in [-0.3, -0.25) is 4.68 Å². The van der Waals surface area contributed by atoms with Crippen LogP contribution in [0.25, 0.3) is 6.08 Å². The van der Waals surface area contributed by atoms with E-state index in [1.165, 1.54) is 25.5 Å². The molecule has 0 spiro atoms. The van der Waals surface area contributed by atoms with Crippen LogP contribution < -0.4 is 0 Å². The molecule has 4 rings (SSSR count). The molecule has 0 N–H and O–H groups in total. The molecule has 0 unspecified atom stereocenters. The number of esters is 1. The highest BCUT2D eigenvalue weighted by Crippen LogP contribution is 2.41. The molecule has 2 aromatic heterocycles. The molecule has 1 fully saturated rings. The van der Waals surface area contributed by atoms with Crippen molar-refractivity contribution in [3.05, 3.63) is 40.5 Å². The summed E-state index contributed by atoms with van der Waals surface area (Å²) in [5.41, 5.74) is 4.58. The Hall–Kier alpha value is -3.01. The van der Waals surface area contributed by atoms with Crippen LogP contribution in [0.1, 0.15) is 46.7 Å². The van der Waals surface area contributed by atoms with Crippen LogP contribution in [0.3, 0.4) is 0 Å². The van der Waals surface area contributed by atoms with Crippen molar-refractivity contribution in [3.63, 3.8) is 0 Å². The van der Waals surface area contributed by atoms with Gasteiger partial charge in [-0.15, -0.1) is 10.2 Å². The molecule has 0 radical (unpaired) electrons. The molecule has 0 bridgehead atoms. The quantitative estimate of drug-likeness (QED) is 0.624. The van der Waals surface area contributed by atoms with Crippen molar-refractivity contribution >= 4 is 12.0 Å². The van der Waals surface area contributed by atoms with Gasteiger partial charge in [0.1, 0.15) is 5.69 Å². The number of carbonyl (C=O) groups excluding carboxylic acids is 1. The first kappa shape index (κ1) is 15.5. The topological polar surface area (TPSA) is 82.8 Å². The third kappa shape index (κ3) is 3.43. The van der Waals surface area contributed by atoms with Gasteiger partial charge in [0.25, 0.3) is 0 Å². The molecule has 0 aromatic carbocycles. The third-order valence-corrected chi connectivity index (χ3v) is 4.33. The smallest absolute Gasteiger partial charge is 0.360 e. The van der Waals surface area contributed by atoms with Crippen molar-refractivity contribution in [2.24, 2.45) is 5.92 Å². The van der Waals surface area contributed by atoms with E-state index in [-0.39, 0.29) is 5.69 Å². The van der Waals surface area contributed by atoms with Gasteiger partial charge >= 0.3 is 5.97 Å². The summed E-state index contributed by atoms with van der Waals surface area (Å²) in [4.78, 5) is 11.3. The highest BCUT2D eigenvalue weighted by molar-refractivity contribution is 5.86. The van der Waals surface area contributed by atoms with Gasteiger partial charge in [0.05, 0.1) is 25.5 Å². The second kappa shape index (κ2) is 6.48. The van der Waals surface area contributed by atoms with E-state index in [9.17, 15) is 4.79 Å². The molecule has 7 nitrogen and oxygen atoms in total. The molecule has 2 aliphatic carbocycles. The molecular formula is C18H17N5O2. The first-order valence-corrected chi connectivity index (χ1v) is 8.27. The summed E-state index contributed by atoms with van der Waals surface area (Å²) in [6.07, 6.45) is 7.92. The fourth-order valence-electron chi connectivity index (χ4n) is 2.84. The zero-order chi connectivity index (χ0) is 17.2. The number of nitrogens with zero attached hydrogens (tertiary/aromatic N) is 5. The van der Waals surface area contributed by atoms with Gasteiger partial charge in [0, 0.05) is 18.4 Å². The van der Waals surface area contributed by atoms with Crippen LogP contribution >= 0.6 is 0 Å². The number of carbonyl (C=O) groups is 1. The minimum Gasteiger partial charge on any atom is -0.464 e. The summed E-state index contributed by atoms with van der Waals surface area (Å²) < 4.78 is 6.16. The van der Waals surface area contributed by atoms with E-state index in [1.54, 1.807) is 10.9 Å². The molecule has 25 heavy (non-hydrogen) atoms. The SMILES string of the molecule is COC(=O)c1cn(CCC#Cc2cc3c(nn2)CC(C2CC2)=C3)nn1. The average Bonchev–Trinajstić information content (AvgIpc) is 3.22. The van der Waals surface area contributed by atoms with E-state index in [1.807, 2.05) is 6.07 Å². The molecule has 0 atom stereocenters. The fraction of sp³-hybridized carbons (Fsp3) is 0.389. The number of ether oxygens (including phenoxy) is 1. The van der Waals surface area contributed by atoms with Crippen molar-refractivity contribution in [2.45, 2.75) is 32.2 Å². The van der Waals surface area contributed by atoms with E-state index in [2.05, 4.69) is 43.2 Å². The van der Waals surface area contributed by atoms with Crippen molar-refractivity contribution < 1.29 is 9.53 Å². The molecule has 2 aromatic rings. The van der Waals surface area contributed by atoms with Crippen LogP contribution in [0.2, 0.25) is 0 Å². The van der Waals surface area contributed by atoms with Crippen molar-refractivity contribution in [3.8, 4) is 11.8 Å². The fourth-order valence-corrected chi connectivity index (χ4v) is 2.84. The highest BCUT2D eigenvalue weighted by atomic mass is 16.5. The van der Waals surface area contributed by atoms with E-state index in [0.717, 1.165) is 23.6 Å². The number of allylic oxidation sites excluding steroid dienone is 1. The van der Waals surface area contributed by atoms with Crippen LogP contribution in [0, 0.1) is 17.8 Å². The first-order valence-electron chi connectivity index (χ1n) is 8.27. The van der Waals surface area contributed by atoms with E-state index >= 15 is 0 Å². The molecule has 0 amide bonds. The summed E-state index contributed by atoms with van der Waals surface area (Å²) in [6.45, 7) is 0.543. The Morgan fingerprint density at radius 3 is 3.04 bits per heavy atom. The molecule has 0 aliphatic heterocycles. The number of aryl methyl sites for hydroxylation is 1. The number of fused-ring (bicyclic) bond motifs is 1. The van der Waals surface area contributed by atoms with Crippen LogP contribution in [-0.2, 0) is 17.7 Å². The Labute approximate surface area is 145 Å². The van der Waals surface area contributed by atoms with E-state index in [4.69, 9.17) is 0 Å². The first-order chi connectivity index (χ1) is 12.2. The highest BCUT2D eigenvalue weighted by Gasteiger charge is 2.29. The number of aromatic nitrogens is 5. The molecule has 2 heterocycles. The normalized spacial score (nSPS) is 15.2. The summed E-state index contributed by atoms with van der Waals surface area (Å²) in [7, 11) is 1.31. The van der Waals surface area contributed by atoms with Gasteiger partial charge in [0.2, 0.25) is 0 Å². The standard InChI is InChI=1S/C18H17N5O2/c1-25-18(24)17-11-23(22-21-17)7-3-2-4-15-9-14-8-13(12-5-6-12)10-16(14)20-19-15/h8-9,11-12H,3,5-7,10H2,1H3. The Morgan fingerprint density at radius 1 is 1.36 bits per heavy atom. The zero-order valence-corrected chi connectivity index (χ0v) is 13.9. The number of hydrogen-bond donors (Lipinski definition) is 0. The molecule has 7 heteroatoms. The summed E-state index contributed by atoms with van der Waals surface area (Å²) in [5, 5.41) is 16.1. The Bertz CT molecular complexity index is 915. The molecular weight excluding hydrogens is 318 g/mol. The van der Waals surface area contributed by atoms with Crippen molar-refractivity contribution in [2.75, 3.05) is 7.11 Å². The van der Waals surface area contributed by atoms with Gasteiger partial charge in [-0.25, -0.2) is 4.79 Å². The van der Waals surface area contributed by atoms with Gasteiger partial charge < -0.3 is 4.74 Å². The minimum atomic E-state index is -0.496. The lowest BCUT2D eigenvalue weighted by atomic mass is 10.1. The molecule has 126 valence electrons. The number of methoxy groups -OCH3 is 1. The summed E-state index contributed by atoms with van der Waals surface area (Å²) >= 11 is 0. The van der Waals surface area contributed by atoms with Crippen LogP contribution in [-0.4, -0.2) is 38.3 Å². The largest absolute Gasteiger partial charge is 0.464 e. The van der Waals surface area contributed by atoms with Crippen LogP contribution in [0.15, 0.2) is 17.8 Å². The minimum absolute atomic E-state index is 0.193. The Kier molecular flexibility index (Phi) is 4.02. The number of rotatable bonds is 4. The van der Waals surface area contributed by atoms with Gasteiger partial charge in [0.15, 0.2) is 5.69 Å². The van der Waals surface area contributed by atoms with E-state index < -0.39 is 5.97 Å². The maximum atomic E-state index is 11.3. The predicted octanol–water partition coefficient (Wildman–Crippen LogP) is 1.65. The summed E-state index contributed by atoms with van der Waals surface area (Å²) in [5.74, 6) is 6.37. The predicted molar refractivity (Wildman–Crippen MR) is 89.3 cm³/mol. The van der Waals surface area contributed by atoms with Gasteiger partial charge in [-0.2, -0.15) is 5.10 Å². The lowest BCUT2D eigenvalue weighted by Gasteiger charge is -1.97. The zero-order valence-electron chi connectivity index (χ0n) is 13.9. The van der Waals surface area contributed by atoms with Crippen molar-refractivity contribution in [1.82, 2.24) is 25.2 Å². The third-order valence-electron chi connectivity index (χ3n) is 4.33. The van der Waals surface area contributed by atoms with Crippen molar-refractivity contribution in [1.29, 1.82) is 0 Å². The second-order valence-corrected chi connectivity index (χ2v) is 6.21. The molecule has 1 saturated carbocycles. The van der Waals surface area contributed by atoms with E-state index in [0.29, 0.717) is 18.7 Å². The van der Waals surface area contributed by atoms with Crippen LogP contribution in [0.4, 0.5) is 0 Å². The monoisotopic (exact) mass is 335 g/mol. The molecule has 0 saturated heterocycles. The van der Waals surface area contributed by atoms with Crippen LogP contribution in [0.5, 0.6) is 0 Å².